The number of piperidine rings is 1. The molecule has 0 unspecified atom stereocenters. The van der Waals surface area contributed by atoms with Gasteiger partial charge in [0.2, 0.25) is 15.9 Å². The zero-order valence-electron chi connectivity index (χ0n) is 14.0. The molecule has 0 bridgehead atoms. The molecule has 3 N–H and O–H groups in total. The lowest BCUT2D eigenvalue weighted by Crippen LogP contribution is -2.35. The largest absolute Gasteiger partial charge is 0.492 e. The molecule has 1 aromatic rings. The monoisotopic (exact) mass is 355 g/mol. The third kappa shape index (κ3) is 4.46. The minimum Gasteiger partial charge on any atom is -0.492 e. The second-order valence-corrected chi connectivity index (χ2v) is 7.55. The van der Waals surface area contributed by atoms with E-state index < -0.39 is 10.0 Å². The number of benzene rings is 1. The van der Waals surface area contributed by atoms with Crippen molar-refractivity contribution in [2.75, 3.05) is 31.6 Å². The van der Waals surface area contributed by atoms with E-state index in [2.05, 4.69) is 5.32 Å². The fourth-order valence-corrected chi connectivity index (χ4v) is 4.34. The summed E-state index contributed by atoms with van der Waals surface area (Å²) in [7, 11) is -3.65. The number of carbonyl (C=O) groups excluding carboxylic acids is 1. The zero-order chi connectivity index (χ0) is 17.6. The lowest BCUT2D eigenvalue weighted by Gasteiger charge is -2.27. The SMILES string of the molecule is CCOc1ccc(NC(=O)CCN)cc1S(=O)(=O)N1CCCCC1. The van der Waals surface area contributed by atoms with Gasteiger partial charge in [-0.05, 0) is 38.0 Å². The van der Waals surface area contributed by atoms with Crippen molar-refractivity contribution in [3.63, 3.8) is 0 Å². The summed E-state index contributed by atoms with van der Waals surface area (Å²) >= 11 is 0. The molecule has 7 nitrogen and oxygen atoms in total. The maximum absolute atomic E-state index is 13.0. The molecule has 0 saturated carbocycles. The first-order valence-electron chi connectivity index (χ1n) is 8.26. The summed E-state index contributed by atoms with van der Waals surface area (Å²) < 4.78 is 32.9. The van der Waals surface area contributed by atoms with Crippen LogP contribution in [0.25, 0.3) is 0 Å². The van der Waals surface area contributed by atoms with Crippen LogP contribution >= 0.6 is 0 Å². The highest BCUT2D eigenvalue weighted by Gasteiger charge is 2.29. The molecule has 1 heterocycles. The molecule has 0 aliphatic carbocycles. The standard InChI is InChI=1S/C16H25N3O4S/c1-2-23-14-7-6-13(18-16(20)8-9-17)12-15(14)24(21,22)19-10-4-3-5-11-19/h6-7,12H,2-5,8-11,17H2,1H3,(H,18,20). The summed E-state index contributed by atoms with van der Waals surface area (Å²) in [6.07, 6.45) is 2.94. The average molecular weight is 355 g/mol. The van der Waals surface area contributed by atoms with Crippen molar-refractivity contribution in [2.24, 2.45) is 5.73 Å². The summed E-state index contributed by atoms with van der Waals surface area (Å²) in [5.41, 5.74) is 5.78. The number of carbonyl (C=O) groups is 1. The van der Waals surface area contributed by atoms with Gasteiger partial charge in [-0.1, -0.05) is 6.42 Å². The number of amides is 1. The molecule has 0 radical (unpaired) electrons. The Hall–Kier alpha value is -1.64. The van der Waals surface area contributed by atoms with Crippen LogP contribution in [-0.4, -0.2) is 44.9 Å². The number of hydrogen-bond donors (Lipinski definition) is 2. The van der Waals surface area contributed by atoms with E-state index in [0.717, 1.165) is 19.3 Å². The zero-order valence-corrected chi connectivity index (χ0v) is 14.8. The van der Waals surface area contributed by atoms with Crippen LogP contribution in [0.4, 0.5) is 5.69 Å². The van der Waals surface area contributed by atoms with Crippen molar-refractivity contribution >= 4 is 21.6 Å². The van der Waals surface area contributed by atoms with Crippen LogP contribution in [-0.2, 0) is 14.8 Å². The average Bonchev–Trinajstić information content (AvgIpc) is 2.57. The first-order chi connectivity index (χ1) is 11.5. The Morgan fingerprint density at radius 1 is 1.29 bits per heavy atom. The van der Waals surface area contributed by atoms with Gasteiger partial charge >= 0.3 is 0 Å². The fourth-order valence-electron chi connectivity index (χ4n) is 2.66. The van der Waals surface area contributed by atoms with E-state index in [1.54, 1.807) is 19.1 Å². The maximum atomic E-state index is 13.0. The Bertz CT molecular complexity index is 670. The third-order valence-corrected chi connectivity index (χ3v) is 5.75. The molecule has 0 spiro atoms. The van der Waals surface area contributed by atoms with Gasteiger partial charge in [-0.25, -0.2) is 8.42 Å². The number of nitrogens with two attached hydrogens (primary N) is 1. The molecule has 24 heavy (non-hydrogen) atoms. The van der Waals surface area contributed by atoms with E-state index in [1.165, 1.54) is 10.4 Å². The minimum atomic E-state index is -3.65. The number of nitrogens with one attached hydrogen (secondary N) is 1. The molecule has 8 heteroatoms. The van der Waals surface area contributed by atoms with Gasteiger partial charge in [0.25, 0.3) is 0 Å². The molecule has 1 aromatic carbocycles. The molecular weight excluding hydrogens is 330 g/mol. The Balaban J connectivity index is 2.35. The molecule has 1 saturated heterocycles. The molecule has 134 valence electrons. The van der Waals surface area contributed by atoms with E-state index in [9.17, 15) is 13.2 Å². The number of hydrogen-bond acceptors (Lipinski definition) is 5. The van der Waals surface area contributed by atoms with Crippen LogP contribution < -0.4 is 15.8 Å². The molecule has 1 aliphatic heterocycles. The first-order valence-corrected chi connectivity index (χ1v) is 9.70. The molecule has 1 amide bonds. The summed E-state index contributed by atoms with van der Waals surface area (Å²) in [6.45, 7) is 3.42. The van der Waals surface area contributed by atoms with Gasteiger partial charge in [-0.2, -0.15) is 4.31 Å². The van der Waals surface area contributed by atoms with Gasteiger partial charge in [-0.3, -0.25) is 4.79 Å². The molecule has 1 aliphatic rings. The number of nitrogens with zero attached hydrogens (tertiary/aromatic N) is 1. The van der Waals surface area contributed by atoms with Crippen LogP contribution in [0.3, 0.4) is 0 Å². The van der Waals surface area contributed by atoms with Gasteiger partial charge in [-0.15, -0.1) is 0 Å². The molecular formula is C16H25N3O4S. The topological polar surface area (TPSA) is 102 Å². The number of sulfonamides is 1. The van der Waals surface area contributed by atoms with Crippen molar-refractivity contribution in [3.8, 4) is 5.75 Å². The van der Waals surface area contributed by atoms with E-state index in [-0.39, 0.29) is 23.8 Å². The van der Waals surface area contributed by atoms with E-state index in [0.29, 0.717) is 31.1 Å². The second kappa shape index (κ2) is 8.46. The van der Waals surface area contributed by atoms with Gasteiger partial charge < -0.3 is 15.8 Å². The Kier molecular flexibility index (Phi) is 6.59. The van der Waals surface area contributed by atoms with Gasteiger partial charge in [0.15, 0.2) is 0 Å². The summed E-state index contributed by atoms with van der Waals surface area (Å²) in [6, 6.07) is 4.68. The van der Waals surface area contributed by atoms with Crippen LogP contribution in [0, 0.1) is 0 Å². The Labute approximate surface area is 143 Å². The summed E-state index contributed by atoms with van der Waals surface area (Å²) in [5, 5.41) is 2.67. The van der Waals surface area contributed by atoms with Crippen LogP contribution in [0.15, 0.2) is 23.1 Å². The fraction of sp³-hybridized carbons (Fsp3) is 0.562. The highest BCUT2D eigenvalue weighted by Crippen LogP contribution is 2.31. The van der Waals surface area contributed by atoms with Gasteiger partial charge in [0, 0.05) is 31.7 Å². The first kappa shape index (κ1) is 18.7. The predicted molar refractivity (Wildman–Crippen MR) is 92.5 cm³/mol. The second-order valence-electron chi connectivity index (χ2n) is 5.65. The maximum Gasteiger partial charge on any atom is 0.246 e. The molecule has 2 rings (SSSR count). The van der Waals surface area contributed by atoms with Crippen molar-refractivity contribution in [2.45, 2.75) is 37.5 Å². The summed E-state index contributed by atoms with van der Waals surface area (Å²) in [5.74, 6) is 0.0582. The highest BCUT2D eigenvalue weighted by atomic mass is 32.2. The predicted octanol–water partition coefficient (Wildman–Crippen LogP) is 1.55. The number of anilines is 1. The number of ether oxygens (including phenoxy) is 1. The Morgan fingerprint density at radius 2 is 2.00 bits per heavy atom. The van der Waals surface area contributed by atoms with Gasteiger partial charge in [0.05, 0.1) is 6.61 Å². The third-order valence-electron chi connectivity index (χ3n) is 3.83. The lowest BCUT2D eigenvalue weighted by molar-refractivity contribution is -0.116. The van der Waals surface area contributed by atoms with Crippen LogP contribution in [0.2, 0.25) is 0 Å². The van der Waals surface area contributed by atoms with Crippen molar-refractivity contribution in [1.29, 1.82) is 0 Å². The Morgan fingerprint density at radius 3 is 2.62 bits per heavy atom. The van der Waals surface area contributed by atoms with Gasteiger partial charge in [0.1, 0.15) is 10.6 Å². The van der Waals surface area contributed by atoms with Crippen LogP contribution in [0.1, 0.15) is 32.6 Å². The smallest absolute Gasteiger partial charge is 0.246 e. The summed E-state index contributed by atoms with van der Waals surface area (Å²) in [4.78, 5) is 11.8. The molecule has 0 aromatic heterocycles. The van der Waals surface area contributed by atoms with Crippen molar-refractivity contribution in [1.82, 2.24) is 4.31 Å². The van der Waals surface area contributed by atoms with E-state index >= 15 is 0 Å². The van der Waals surface area contributed by atoms with Crippen molar-refractivity contribution < 1.29 is 17.9 Å². The van der Waals surface area contributed by atoms with E-state index in [1.807, 2.05) is 0 Å². The lowest BCUT2D eigenvalue weighted by atomic mass is 10.2. The van der Waals surface area contributed by atoms with Crippen molar-refractivity contribution in [3.05, 3.63) is 18.2 Å². The number of rotatable bonds is 7. The van der Waals surface area contributed by atoms with E-state index in [4.69, 9.17) is 10.5 Å². The van der Waals surface area contributed by atoms with Crippen LogP contribution in [0.5, 0.6) is 5.75 Å². The molecule has 0 atom stereocenters. The molecule has 1 fully saturated rings. The highest BCUT2D eigenvalue weighted by molar-refractivity contribution is 7.89. The normalized spacial score (nSPS) is 15.9. The minimum absolute atomic E-state index is 0.0943. The quantitative estimate of drug-likeness (QED) is 0.772.